The van der Waals surface area contributed by atoms with Gasteiger partial charge in [-0.3, -0.25) is 9.59 Å². The molecule has 0 amide bonds. The minimum Gasteiger partial charge on any atom is -0.462 e. The second-order valence-electron chi connectivity index (χ2n) is 15.8. The molecule has 0 bridgehead atoms. The van der Waals surface area contributed by atoms with Crippen molar-refractivity contribution in [2.75, 3.05) is 13.2 Å². The number of hydrogen-bond acceptors (Lipinski definition) is 5. The first-order valence-corrected chi connectivity index (χ1v) is 24.1. The first-order chi connectivity index (χ1) is 28.6. The molecule has 0 aliphatic heterocycles. The maximum Gasteiger partial charge on any atom is 0.306 e. The smallest absolute Gasteiger partial charge is 0.306 e. The van der Waals surface area contributed by atoms with Gasteiger partial charge in [0.25, 0.3) is 0 Å². The number of aliphatic hydroxyl groups is 1. The van der Waals surface area contributed by atoms with Crippen molar-refractivity contribution in [1.29, 1.82) is 0 Å². The van der Waals surface area contributed by atoms with Crippen LogP contribution < -0.4 is 0 Å². The second-order valence-corrected chi connectivity index (χ2v) is 15.8. The fourth-order valence-corrected chi connectivity index (χ4v) is 6.55. The van der Waals surface area contributed by atoms with Crippen LogP contribution in [0.1, 0.15) is 219 Å². The van der Waals surface area contributed by atoms with E-state index in [4.69, 9.17) is 9.47 Å². The summed E-state index contributed by atoms with van der Waals surface area (Å²) in [5.41, 5.74) is 0. The molecule has 0 saturated carbocycles. The Morgan fingerprint density at radius 2 is 0.741 bits per heavy atom. The van der Waals surface area contributed by atoms with E-state index >= 15 is 0 Å². The number of allylic oxidation sites excluding steroid dienone is 14. The maximum atomic E-state index is 12.2. The lowest BCUT2D eigenvalue weighted by Crippen LogP contribution is -2.28. The summed E-state index contributed by atoms with van der Waals surface area (Å²) in [6, 6.07) is 0. The van der Waals surface area contributed by atoms with Gasteiger partial charge in [0.2, 0.25) is 0 Å². The molecule has 0 aromatic heterocycles. The number of carbonyl (C=O) groups is 2. The number of hydrogen-bond donors (Lipinski definition) is 1. The van der Waals surface area contributed by atoms with Crippen molar-refractivity contribution in [3.8, 4) is 0 Å². The minimum atomic E-state index is -0.797. The molecule has 1 N–H and O–H groups in total. The average molecular weight is 807 g/mol. The first-order valence-electron chi connectivity index (χ1n) is 24.1. The van der Waals surface area contributed by atoms with E-state index in [1.54, 1.807) is 0 Å². The molecule has 1 unspecified atom stereocenters. The Labute approximate surface area is 358 Å². The Morgan fingerprint density at radius 1 is 0.414 bits per heavy atom. The molecule has 1 atom stereocenters. The van der Waals surface area contributed by atoms with Gasteiger partial charge in [-0.15, -0.1) is 0 Å². The van der Waals surface area contributed by atoms with Crippen molar-refractivity contribution in [3.05, 3.63) is 85.1 Å². The van der Waals surface area contributed by atoms with Crippen LogP contribution in [-0.4, -0.2) is 36.4 Å². The highest BCUT2D eigenvalue weighted by atomic mass is 16.6. The van der Waals surface area contributed by atoms with Crippen LogP contribution in [0.5, 0.6) is 0 Å². The molecule has 0 fully saturated rings. The molecule has 58 heavy (non-hydrogen) atoms. The summed E-state index contributed by atoms with van der Waals surface area (Å²) < 4.78 is 10.6. The van der Waals surface area contributed by atoms with Gasteiger partial charge in [0.05, 0.1) is 6.61 Å². The molecule has 0 radical (unpaired) electrons. The third-order valence-electron chi connectivity index (χ3n) is 10.2. The zero-order valence-electron chi connectivity index (χ0n) is 37.8. The minimum absolute atomic E-state index is 0.0864. The van der Waals surface area contributed by atoms with E-state index in [1.807, 2.05) is 0 Å². The molecule has 5 nitrogen and oxygen atoms in total. The van der Waals surface area contributed by atoms with E-state index in [0.29, 0.717) is 12.8 Å². The van der Waals surface area contributed by atoms with Crippen LogP contribution >= 0.6 is 0 Å². The van der Waals surface area contributed by atoms with E-state index in [0.717, 1.165) is 77.0 Å². The van der Waals surface area contributed by atoms with Crippen LogP contribution in [0.4, 0.5) is 0 Å². The number of esters is 2. The zero-order chi connectivity index (χ0) is 42.1. The van der Waals surface area contributed by atoms with E-state index in [-0.39, 0.29) is 25.2 Å². The van der Waals surface area contributed by atoms with Crippen LogP contribution in [0, 0.1) is 0 Å². The molecule has 0 saturated heterocycles. The summed E-state index contributed by atoms with van der Waals surface area (Å²) in [6.07, 6.45) is 66.8. The van der Waals surface area contributed by atoms with Gasteiger partial charge in [-0.25, -0.2) is 0 Å². The van der Waals surface area contributed by atoms with Gasteiger partial charge in [0, 0.05) is 12.8 Å². The lowest BCUT2D eigenvalue weighted by Gasteiger charge is -2.15. The lowest BCUT2D eigenvalue weighted by atomic mass is 10.0. The molecule has 5 heteroatoms. The number of rotatable bonds is 43. The highest BCUT2D eigenvalue weighted by Gasteiger charge is 2.16. The standard InChI is InChI=1S/C53H90O5/c1-3-5-7-9-11-13-15-17-19-20-21-22-23-24-25-26-27-28-29-30-31-32-34-35-37-39-41-43-45-47-52(55)57-50-51(49-54)58-53(56)48-46-44-42-40-38-36-33-18-16-14-12-10-8-6-4-2/h6,8,12,14-15,17-18,20-21,23-24,33,38,40,51,54H,3-5,7,9-11,13,16,19,22,25-32,34-37,39,41-50H2,1-2H3/b8-6-,14-12-,17-15-,21-20-,24-23-,33-18-,40-38-. The average Bonchev–Trinajstić information content (AvgIpc) is 3.23. The maximum absolute atomic E-state index is 12.2. The van der Waals surface area contributed by atoms with Gasteiger partial charge >= 0.3 is 11.9 Å². The Balaban J connectivity index is 3.54. The quantitative estimate of drug-likeness (QED) is 0.0377. The van der Waals surface area contributed by atoms with Crippen molar-refractivity contribution in [2.24, 2.45) is 0 Å². The van der Waals surface area contributed by atoms with Gasteiger partial charge in [-0.2, -0.15) is 0 Å². The third kappa shape index (κ3) is 45.8. The Kier molecular flexibility index (Phi) is 46.0. The molecule has 0 rings (SSSR count). The molecular weight excluding hydrogens is 717 g/mol. The summed E-state index contributed by atoms with van der Waals surface area (Å²) in [7, 11) is 0. The van der Waals surface area contributed by atoms with Crippen molar-refractivity contribution in [3.63, 3.8) is 0 Å². The summed E-state index contributed by atoms with van der Waals surface area (Å²) in [5.74, 6) is -0.642. The fourth-order valence-electron chi connectivity index (χ4n) is 6.55. The summed E-state index contributed by atoms with van der Waals surface area (Å²) in [5, 5.41) is 9.59. The monoisotopic (exact) mass is 807 g/mol. The molecule has 0 aromatic carbocycles. The predicted molar refractivity (Wildman–Crippen MR) is 251 cm³/mol. The Bertz CT molecular complexity index is 1090. The van der Waals surface area contributed by atoms with Crippen molar-refractivity contribution < 1.29 is 24.2 Å². The summed E-state index contributed by atoms with van der Waals surface area (Å²) in [6.45, 7) is 3.98. The molecule has 0 aliphatic rings. The topological polar surface area (TPSA) is 72.8 Å². The second kappa shape index (κ2) is 48.4. The molecule has 0 heterocycles. The van der Waals surface area contributed by atoms with E-state index in [2.05, 4.69) is 98.9 Å². The molecule has 0 aromatic rings. The van der Waals surface area contributed by atoms with Crippen molar-refractivity contribution in [2.45, 2.75) is 225 Å². The fraction of sp³-hybridized carbons (Fsp3) is 0.698. The number of carbonyl (C=O) groups excluding carboxylic acids is 2. The zero-order valence-corrected chi connectivity index (χ0v) is 37.8. The number of aliphatic hydroxyl groups excluding tert-OH is 1. The first kappa shape index (κ1) is 55.1. The van der Waals surface area contributed by atoms with E-state index in [1.165, 1.54) is 116 Å². The number of unbranched alkanes of at least 4 members (excludes halogenated alkanes) is 21. The van der Waals surface area contributed by atoms with Gasteiger partial charge < -0.3 is 14.6 Å². The SMILES string of the molecule is CC/C=C\C/C=C\C/C=C\C/C=C\CCCCC(=O)OC(CO)COC(=O)CCCCCCCCCCCCCCCC/C=C\C/C=C\C/C=C\CCCCCCC. The van der Waals surface area contributed by atoms with Crippen LogP contribution in [0.15, 0.2) is 85.1 Å². The van der Waals surface area contributed by atoms with E-state index in [9.17, 15) is 14.7 Å². The van der Waals surface area contributed by atoms with E-state index < -0.39 is 6.10 Å². The number of ether oxygens (including phenoxy) is 2. The highest BCUT2D eigenvalue weighted by molar-refractivity contribution is 5.70. The predicted octanol–water partition coefficient (Wildman–Crippen LogP) is 15.9. The molecule has 0 aliphatic carbocycles. The highest BCUT2D eigenvalue weighted by Crippen LogP contribution is 2.15. The van der Waals surface area contributed by atoms with Gasteiger partial charge in [0.15, 0.2) is 6.10 Å². The van der Waals surface area contributed by atoms with Crippen LogP contribution in [0.2, 0.25) is 0 Å². The molecular formula is C53H90O5. The van der Waals surface area contributed by atoms with Crippen molar-refractivity contribution >= 4 is 11.9 Å². The molecule has 0 spiro atoms. The van der Waals surface area contributed by atoms with Gasteiger partial charge in [-0.05, 0) is 89.9 Å². The van der Waals surface area contributed by atoms with Crippen LogP contribution in [-0.2, 0) is 19.1 Å². The lowest BCUT2D eigenvalue weighted by molar-refractivity contribution is -0.161. The largest absolute Gasteiger partial charge is 0.462 e. The Morgan fingerprint density at radius 3 is 1.16 bits per heavy atom. The summed E-state index contributed by atoms with van der Waals surface area (Å²) in [4.78, 5) is 24.4. The van der Waals surface area contributed by atoms with Crippen LogP contribution in [0.3, 0.4) is 0 Å². The summed E-state index contributed by atoms with van der Waals surface area (Å²) >= 11 is 0. The molecule has 332 valence electrons. The Hall–Kier alpha value is -2.92. The van der Waals surface area contributed by atoms with Crippen LogP contribution in [0.25, 0.3) is 0 Å². The normalized spacial score (nSPS) is 12.9. The van der Waals surface area contributed by atoms with Gasteiger partial charge in [0.1, 0.15) is 6.61 Å². The van der Waals surface area contributed by atoms with Gasteiger partial charge in [-0.1, -0.05) is 202 Å². The van der Waals surface area contributed by atoms with Crippen molar-refractivity contribution in [1.82, 2.24) is 0 Å². The third-order valence-corrected chi connectivity index (χ3v) is 10.2.